The minimum Gasteiger partial charge on any atom is -1.00 e. The Balaban J connectivity index is -0.0000000533. The van der Waals surface area contributed by atoms with E-state index in [9.17, 15) is 19.8 Å². The molecule has 5 nitrogen and oxygen atoms in total. The van der Waals surface area contributed by atoms with Crippen LogP contribution in [0.3, 0.4) is 0 Å². The zero-order chi connectivity index (χ0) is 7.44. The van der Waals surface area contributed by atoms with E-state index in [1.807, 2.05) is 0 Å². The van der Waals surface area contributed by atoms with Gasteiger partial charge in [-0.15, -0.1) is 0 Å². The van der Waals surface area contributed by atoms with Crippen molar-refractivity contribution in [3.63, 3.8) is 0 Å². The van der Waals surface area contributed by atoms with Gasteiger partial charge in [-0.05, 0) is 0 Å². The van der Waals surface area contributed by atoms with Crippen molar-refractivity contribution in [2.75, 3.05) is 0 Å². The minimum absolute atomic E-state index is 0. The van der Waals surface area contributed by atoms with Gasteiger partial charge in [0, 0.05) is 18.4 Å². The molecule has 0 aliphatic heterocycles. The molecular weight excluding hydrogens is 246 g/mol. The summed E-state index contributed by atoms with van der Waals surface area (Å²) >= 11 is 0. The minimum atomic E-state index is -1.58. The van der Waals surface area contributed by atoms with Crippen molar-refractivity contribution in [3.8, 4) is 0 Å². The molecule has 68 valence electrons. The Hall–Kier alpha value is 1.01. The van der Waals surface area contributed by atoms with E-state index in [-0.39, 0.29) is 70.9 Å². The average molecular weight is 251 g/mol. The van der Waals surface area contributed by atoms with E-state index in [2.05, 4.69) is 0 Å². The number of halogens is 2. The zero-order valence-corrected chi connectivity index (χ0v) is 11.0. The van der Waals surface area contributed by atoms with Gasteiger partial charge in [-0.1, -0.05) is 0 Å². The van der Waals surface area contributed by atoms with Gasteiger partial charge < -0.3 is 50.3 Å². The van der Waals surface area contributed by atoms with Gasteiger partial charge >= 0.3 is 46.1 Å². The number of carbonyl (C=O) groups is 2. The smallest absolute Gasteiger partial charge is 1.00 e. The fraction of sp³-hybridized carbons (Fsp3) is 0.500. The van der Waals surface area contributed by atoms with Crippen molar-refractivity contribution in [1.82, 2.24) is 0 Å². The Morgan fingerprint density at radius 3 is 1.54 bits per heavy atom. The first kappa shape index (κ1) is 29.2. The molecule has 0 aromatic carbocycles. The molecule has 9 heteroatoms. The van der Waals surface area contributed by atoms with E-state index in [1.165, 1.54) is 0 Å². The van der Waals surface area contributed by atoms with Crippen LogP contribution in [0.4, 0.5) is 0 Å². The second-order valence-electron chi connectivity index (χ2n) is 1.50. The molecule has 0 aliphatic carbocycles. The predicted octanol–water partition coefficient (Wildman–Crippen LogP) is -10.6. The molecule has 0 radical (unpaired) electrons. The van der Waals surface area contributed by atoms with Crippen LogP contribution in [-0.4, -0.2) is 64.1 Å². The van der Waals surface area contributed by atoms with Crippen LogP contribution in [0.5, 0.6) is 0 Å². The third kappa shape index (κ3) is 19.4. The molecule has 0 aromatic rings. The van der Waals surface area contributed by atoms with Crippen molar-refractivity contribution in [3.05, 3.63) is 0 Å². The molecule has 1 atom stereocenters. The van der Waals surface area contributed by atoms with Crippen LogP contribution in [0, 0.1) is 0 Å². The van der Waals surface area contributed by atoms with E-state index >= 15 is 0 Å². The molecule has 1 unspecified atom stereocenters. The normalized spacial score (nSPS) is 8.69. The third-order valence-corrected chi connectivity index (χ3v) is 0.689. The number of hydrogen-bond donors (Lipinski definition) is 1. The van der Waals surface area contributed by atoms with Crippen LogP contribution in [-0.2, 0) is 9.59 Å². The maximum Gasteiger partial charge on any atom is 2.00 e. The molecule has 0 amide bonds. The summed E-state index contributed by atoms with van der Waals surface area (Å²) in [4.78, 5) is 19.3. The van der Waals surface area contributed by atoms with Crippen LogP contribution in [0.15, 0.2) is 0 Å². The van der Waals surface area contributed by atoms with E-state index in [0.717, 1.165) is 0 Å². The molecule has 0 aromatic heterocycles. The number of aliphatic carboxylic acids is 2. The van der Waals surface area contributed by atoms with E-state index in [0.29, 0.717) is 0 Å². The van der Waals surface area contributed by atoms with E-state index in [4.69, 9.17) is 5.73 Å². The van der Waals surface area contributed by atoms with Gasteiger partial charge in [0.1, 0.15) is 0 Å². The second-order valence-corrected chi connectivity index (χ2v) is 1.50. The van der Waals surface area contributed by atoms with Gasteiger partial charge in [0.25, 0.3) is 0 Å². The standard InChI is InChI=1S/C4H7NO4.2ClH.2Mg/c5-2(4(8)9)1-3(6)7;;;;/h2H,1,5H2,(H,6,7)(H,8,9);2*1H;;/q;;;2*+2/p-4. The van der Waals surface area contributed by atoms with Crippen LogP contribution < -0.4 is 40.8 Å². The zero-order valence-electron chi connectivity index (χ0n) is 6.66. The Labute approximate surface area is 120 Å². The molecule has 0 aliphatic rings. The van der Waals surface area contributed by atoms with Gasteiger partial charge in [0.05, 0.1) is 5.97 Å². The molecule has 0 saturated carbocycles. The quantitative estimate of drug-likeness (QED) is 0.501. The second kappa shape index (κ2) is 15.5. The Morgan fingerprint density at radius 1 is 1.15 bits per heavy atom. The van der Waals surface area contributed by atoms with Crippen molar-refractivity contribution in [2.45, 2.75) is 12.5 Å². The number of carboxylic acids is 2. The van der Waals surface area contributed by atoms with Crippen LogP contribution in [0.25, 0.3) is 0 Å². The Kier molecular flexibility index (Phi) is 34.8. The van der Waals surface area contributed by atoms with E-state index < -0.39 is 24.4 Å². The van der Waals surface area contributed by atoms with Crippen molar-refractivity contribution in [2.24, 2.45) is 5.73 Å². The van der Waals surface area contributed by atoms with Gasteiger partial charge in [0.2, 0.25) is 0 Å². The first-order chi connectivity index (χ1) is 4.04. The van der Waals surface area contributed by atoms with Crippen molar-refractivity contribution < 1.29 is 44.6 Å². The summed E-state index contributed by atoms with van der Waals surface area (Å²) in [6.45, 7) is 0. The predicted molar refractivity (Wildman–Crippen MR) is 34.1 cm³/mol. The van der Waals surface area contributed by atoms with Crippen molar-refractivity contribution >= 4 is 58.0 Å². The summed E-state index contributed by atoms with van der Waals surface area (Å²) in [6, 6.07) is -1.46. The first-order valence-corrected chi connectivity index (χ1v) is 2.20. The van der Waals surface area contributed by atoms with E-state index in [1.54, 1.807) is 0 Å². The van der Waals surface area contributed by atoms with Gasteiger partial charge in [-0.2, -0.15) is 0 Å². The van der Waals surface area contributed by atoms with Crippen molar-refractivity contribution in [1.29, 1.82) is 0 Å². The van der Waals surface area contributed by atoms with Gasteiger partial charge in [-0.25, -0.2) is 0 Å². The summed E-state index contributed by atoms with van der Waals surface area (Å²) in [5.74, 6) is -3.08. The summed E-state index contributed by atoms with van der Waals surface area (Å²) in [5.41, 5.74) is 4.73. The van der Waals surface area contributed by atoms with Gasteiger partial charge in [-0.3, -0.25) is 0 Å². The fourth-order valence-corrected chi connectivity index (χ4v) is 0.263. The number of nitrogens with two attached hydrogens (primary N) is 1. The molecule has 0 heterocycles. The Morgan fingerprint density at radius 2 is 1.46 bits per heavy atom. The maximum absolute atomic E-state index is 9.71. The number of carbonyl (C=O) groups excluding carboxylic acids is 2. The summed E-state index contributed by atoms with van der Waals surface area (Å²) < 4.78 is 0. The third-order valence-electron chi connectivity index (χ3n) is 0.689. The van der Waals surface area contributed by atoms with Crippen LogP contribution >= 0.6 is 0 Å². The molecule has 2 N–H and O–H groups in total. The Bertz CT molecular complexity index is 148. The molecule has 0 fully saturated rings. The molecular formula is C4H5Cl2Mg2NO4. The summed E-state index contributed by atoms with van der Waals surface area (Å²) in [5, 5.41) is 19.3. The molecule has 0 bridgehead atoms. The van der Waals surface area contributed by atoms with Gasteiger partial charge in [0.15, 0.2) is 0 Å². The van der Waals surface area contributed by atoms with Crippen LogP contribution in [0.2, 0.25) is 0 Å². The molecule has 0 saturated heterocycles. The largest absolute Gasteiger partial charge is 2.00 e. The topological polar surface area (TPSA) is 106 Å². The molecule has 0 rings (SSSR count). The average Bonchev–Trinajstić information content (AvgIpc) is 1.63. The summed E-state index contributed by atoms with van der Waals surface area (Å²) in [7, 11) is 0. The number of rotatable bonds is 3. The maximum atomic E-state index is 9.71. The first-order valence-electron chi connectivity index (χ1n) is 2.20. The number of carboxylic acid groups (broad SMARTS) is 2. The molecule has 13 heavy (non-hydrogen) atoms. The number of hydrogen-bond acceptors (Lipinski definition) is 5. The summed E-state index contributed by atoms with van der Waals surface area (Å²) in [6.07, 6.45) is -0.706. The SMILES string of the molecule is NC(CC(=O)[O-])C(=O)[O-].[Cl-].[Cl-].[Mg+2].[Mg+2]. The molecule has 0 spiro atoms. The monoisotopic (exact) mass is 249 g/mol. The fourth-order valence-electron chi connectivity index (χ4n) is 0.263. The van der Waals surface area contributed by atoms with Crippen LogP contribution in [0.1, 0.15) is 6.42 Å².